The van der Waals surface area contributed by atoms with Crippen molar-refractivity contribution in [2.75, 3.05) is 0 Å². The standard InChI is InChI=1S/C15H19N3/c1-4-15-17-13-9-12(10-16)5-6-14(13)18(15)8-7-11(2)3/h5-6,9,11H,4,7-8H2,1-3H3. The summed E-state index contributed by atoms with van der Waals surface area (Å²) < 4.78 is 2.29. The van der Waals surface area contributed by atoms with Crippen molar-refractivity contribution in [2.45, 2.75) is 40.2 Å². The molecule has 0 bridgehead atoms. The number of rotatable bonds is 4. The molecule has 0 aliphatic heterocycles. The number of nitrogens with zero attached hydrogens (tertiary/aromatic N) is 3. The zero-order valence-corrected chi connectivity index (χ0v) is 11.3. The lowest BCUT2D eigenvalue weighted by molar-refractivity contribution is 0.513. The molecule has 3 nitrogen and oxygen atoms in total. The van der Waals surface area contributed by atoms with Gasteiger partial charge in [-0.05, 0) is 30.5 Å². The van der Waals surface area contributed by atoms with Crippen molar-refractivity contribution in [1.29, 1.82) is 5.26 Å². The molecule has 2 rings (SSSR count). The molecule has 18 heavy (non-hydrogen) atoms. The summed E-state index contributed by atoms with van der Waals surface area (Å²) in [5.41, 5.74) is 2.76. The molecule has 1 aromatic heterocycles. The van der Waals surface area contributed by atoms with Gasteiger partial charge >= 0.3 is 0 Å². The Bertz CT molecular complexity index is 588. The van der Waals surface area contributed by atoms with E-state index in [0.717, 1.165) is 36.2 Å². The fraction of sp³-hybridized carbons (Fsp3) is 0.467. The second kappa shape index (κ2) is 5.22. The van der Waals surface area contributed by atoms with Crippen molar-refractivity contribution in [3.05, 3.63) is 29.6 Å². The predicted octanol–water partition coefficient (Wildman–Crippen LogP) is 3.52. The van der Waals surface area contributed by atoms with E-state index in [2.05, 4.69) is 36.4 Å². The topological polar surface area (TPSA) is 41.6 Å². The lowest BCUT2D eigenvalue weighted by Crippen LogP contribution is -2.05. The van der Waals surface area contributed by atoms with Crippen molar-refractivity contribution in [1.82, 2.24) is 9.55 Å². The van der Waals surface area contributed by atoms with Crippen molar-refractivity contribution < 1.29 is 0 Å². The maximum atomic E-state index is 8.92. The molecule has 1 aromatic carbocycles. The number of hydrogen-bond donors (Lipinski definition) is 0. The molecular weight excluding hydrogens is 222 g/mol. The highest BCUT2D eigenvalue weighted by Crippen LogP contribution is 2.19. The second-order valence-corrected chi connectivity index (χ2v) is 5.03. The average Bonchev–Trinajstić information content (AvgIpc) is 2.72. The number of fused-ring (bicyclic) bond motifs is 1. The minimum atomic E-state index is 0.679. The molecule has 2 aromatic rings. The Labute approximate surface area is 108 Å². The maximum Gasteiger partial charge on any atom is 0.109 e. The van der Waals surface area contributed by atoms with Crippen molar-refractivity contribution in [3.63, 3.8) is 0 Å². The Balaban J connectivity index is 2.46. The Kier molecular flexibility index (Phi) is 3.66. The fourth-order valence-corrected chi connectivity index (χ4v) is 2.16. The third-order valence-electron chi connectivity index (χ3n) is 3.20. The molecule has 0 radical (unpaired) electrons. The summed E-state index contributed by atoms with van der Waals surface area (Å²) in [5, 5.41) is 8.92. The number of aryl methyl sites for hydroxylation is 2. The van der Waals surface area contributed by atoms with Crippen LogP contribution in [-0.2, 0) is 13.0 Å². The van der Waals surface area contributed by atoms with E-state index in [1.165, 1.54) is 0 Å². The first-order valence-electron chi connectivity index (χ1n) is 6.55. The van der Waals surface area contributed by atoms with Gasteiger partial charge in [0, 0.05) is 13.0 Å². The van der Waals surface area contributed by atoms with E-state index in [-0.39, 0.29) is 0 Å². The number of benzene rings is 1. The maximum absolute atomic E-state index is 8.92. The van der Waals surface area contributed by atoms with E-state index in [1.54, 1.807) is 0 Å². The Morgan fingerprint density at radius 3 is 2.78 bits per heavy atom. The summed E-state index contributed by atoms with van der Waals surface area (Å²) >= 11 is 0. The number of hydrogen-bond acceptors (Lipinski definition) is 2. The lowest BCUT2D eigenvalue weighted by Gasteiger charge is -2.09. The van der Waals surface area contributed by atoms with Crippen LogP contribution in [0.1, 0.15) is 38.6 Å². The van der Waals surface area contributed by atoms with Gasteiger partial charge in [-0.25, -0.2) is 4.98 Å². The zero-order valence-electron chi connectivity index (χ0n) is 11.3. The molecule has 0 aliphatic rings. The molecule has 0 saturated carbocycles. The summed E-state index contributed by atoms with van der Waals surface area (Å²) in [4.78, 5) is 4.63. The van der Waals surface area contributed by atoms with Crippen LogP contribution in [0.25, 0.3) is 11.0 Å². The van der Waals surface area contributed by atoms with Crippen molar-refractivity contribution in [2.24, 2.45) is 5.92 Å². The zero-order chi connectivity index (χ0) is 13.1. The minimum absolute atomic E-state index is 0.679. The molecule has 94 valence electrons. The Morgan fingerprint density at radius 1 is 1.39 bits per heavy atom. The number of nitriles is 1. The van der Waals surface area contributed by atoms with Gasteiger partial charge in [0.15, 0.2) is 0 Å². The summed E-state index contributed by atoms with van der Waals surface area (Å²) in [5.74, 6) is 1.80. The van der Waals surface area contributed by atoms with Gasteiger partial charge in [-0.3, -0.25) is 0 Å². The van der Waals surface area contributed by atoms with Crippen LogP contribution in [0.3, 0.4) is 0 Å². The van der Waals surface area contributed by atoms with Crippen LogP contribution in [0.4, 0.5) is 0 Å². The first-order valence-corrected chi connectivity index (χ1v) is 6.55. The first-order chi connectivity index (χ1) is 8.65. The summed E-state index contributed by atoms with van der Waals surface area (Å²) in [6.07, 6.45) is 2.08. The van der Waals surface area contributed by atoms with E-state index in [9.17, 15) is 0 Å². The highest BCUT2D eigenvalue weighted by Gasteiger charge is 2.10. The van der Waals surface area contributed by atoms with E-state index < -0.39 is 0 Å². The highest BCUT2D eigenvalue weighted by atomic mass is 15.1. The van der Waals surface area contributed by atoms with Crippen LogP contribution in [0, 0.1) is 17.2 Å². The van der Waals surface area contributed by atoms with Gasteiger partial charge in [0.2, 0.25) is 0 Å². The van der Waals surface area contributed by atoms with Crippen LogP contribution in [-0.4, -0.2) is 9.55 Å². The molecule has 0 saturated heterocycles. The van der Waals surface area contributed by atoms with Gasteiger partial charge < -0.3 is 4.57 Å². The highest BCUT2D eigenvalue weighted by molar-refractivity contribution is 5.77. The van der Waals surface area contributed by atoms with Crippen LogP contribution < -0.4 is 0 Å². The molecule has 3 heteroatoms. The SMILES string of the molecule is CCc1nc2cc(C#N)ccc2n1CCC(C)C. The normalized spacial score (nSPS) is 11.1. The molecule has 0 unspecified atom stereocenters. The molecule has 0 fully saturated rings. The average molecular weight is 241 g/mol. The second-order valence-electron chi connectivity index (χ2n) is 5.03. The molecular formula is C15H19N3. The quantitative estimate of drug-likeness (QED) is 0.821. The molecule has 1 heterocycles. The number of aromatic nitrogens is 2. The monoisotopic (exact) mass is 241 g/mol. The van der Waals surface area contributed by atoms with Gasteiger partial charge in [0.05, 0.1) is 22.7 Å². The van der Waals surface area contributed by atoms with Crippen LogP contribution in [0.15, 0.2) is 18.2 Å². The fourth-order valence-electron chi connectivity index (χ4n) is 2.16. The van der Waals surface area contributed by atoms with Gasteiger partial charge in [-0.15, -0.1) is 0 Å². The summed E-state index contributed by atoms with van der Waals surface area (Å²) in [6.45, 7) is 7.60. The van der Waals surface area contributed by atoms with Crippen molar-refractivity contribution >= 4 is 11.0 Å². The van der Waals surface area contributed by atoms with E-state index >= 15 is 0 Å². The summed E-state index contributed by atoms with van der Waals surface area (Å²) in [6, 6.07) is 7.93. The van der Waals surface area contributed by atoms with Gasteiger partial charge in [-0.2, -0.15) is 5.26 Å². The molecule has 0 amide bonds. The molecule has 0 aliphatic carbocycles. The Morgan fingerprint density at radius 2 is 2.17 bits per heavy atom. The third-order valence-corrected chi connectivity index (χ3v) is 3.20. The predicted molar refractivity (Wildman–Crippen MR) is 73.3 cm³/mol. The van der Waals surface area contributed by atoms with Crippen LogP contribution in [0.5, 0.6) is 0 Å². The largest absolute Gasteiger partial charge is 0.328 e. The van der Waals surface area contributed by atoms with Gasteiger partial charge in [0.25, 0.3) is 0 Å². The third kappa shape index (κ3) is 2.38. The van der Waals surface area contributed by atoms with E-state index in [1.807, 2.05) is 18.2 Å². The molecule has 0 atom stereocenters. The molecule has 0 N–H and O–H groups in total. The van der Waals surface area contributed by atoms with Gasteiger partial charge in [0.1, 0.15) is 5.82 Å². The van der Waals surface area contributed by atoms with Crippen molar-refractivity contribution in [3.8, 4) is 6.07 Å². The Hall–Kier alpha value is -1.82. The smallest absolute Gasteiger partial charge is 0.109 e. The first kappa shape index (κ1) is 12.6. The van der Waals surface area contributed by atoms with E-state index in [0.29, 0.717) is 11.5 Å². The number of imidazole rings is 1. The van der Waals surface area contributed by atoms with Gasteiger partial charge in [-0.1, -0.05) is 20.8 Å². The van der Waals surface area contributed by atoms with E-state index in [4.69, 9.17) is 5.26 Å². The van der Waals surface area contributed by atoms with Crippen LogP contribution in [0.2, 0.25) is 0 Å². The minimum Gasteiger partial charge on any atom is -0.328 e. The molecule has 0 spiro atoms. The summed E-state index contributed by atoms with van der Waals surface area (Å²) in [7, 11) is 0. The van der Waals surface area contributed by atoms with Crippen LogP contribution >= 0.6 is 0 Å². The lowest BCUT2D eigenvalue weighted by atomic mass is 10.1.